The first kappa shape index (κ1) is 15.7. The highest BCUT2D eigenvalue weighted by Crippen LogP contribution is 2.27. The van der Waals surface area contributed by atoms with Gasteiger partial charge in [-0.05, 0) is 31.2 Å². The van der Waals surface area contributed by atoms with E-state index in [-0.39, 0.29) is 11.6 Å². The summed E-state index contributed by atoms with van der Waals surface area (Å²) >= 11 is 6.17. The van der Waals surface area contributed by atoms with Gasteiger partial charge in [-0.3, -0.25) is 9.78 Å². The van der Waals surface area contributed by atoms with Crippen LogP contribution in [0.5, 0.6) is 0 Å². The predicted octanol–water partition coefficient (Wildman–Crippen LogP) is 3.40. The van der Waals surface area contributed by atoms with Crippen LogP contribution >= 0.6 is 11.6 Å². The monoisotopic (exact) mass is 333 g/mol. The SMILES string of the molecule is CC(=O)c1ccc(N2CCN(c3ccncc3Cl)CC2)c(F)c1. The number of rotatable bonds is 3. The summed E-state index contributed by atoms with van der Waals surface area (Å²) in [7, 11) is 0. The number of carbonyl (C=O) groups excluding carboxylic acids is 1. The molecule has 1 aromatic heterocycles. The molecule has 0 atom stereocenters. The maximum Gasteiger partial charge on any atom is 0.159 e. The Morgan fingerprint density at radius 1 is 1.13 bits per heavy atom. The molecular formula is C17H17ClFN3O. The van der Waals surface area contributed by atoms with Crippen LogP contribution in [0.3, 0.4) is 0 Å². The van der Waals surface area contributed by atoms with E-state index in [1.165, 1.54) is 13.0 Å². The quantitative estimate of drug-likeness (QED) is 0.807. The predicted molar refractivity (Wildman–Crippen MR) is 90.1 cm³/mol. The van der Waals surface area contributed by atoms with Gasteiger partial charge >= 0.3 is 0 Å². The molecule has 1 saturated heterocycles. The lowest BCUT2D eigenvalue weighted by Gasteiger charge is -2.37. The van der Waals surface area contributed by atoms with Gasteiger partial charge < -0.3 is 9.80 Å². The van der Waals surface area contributed by atoms with Crippen molar-refractivity contribution in [1.29, 1.82) is 0 Å². The fourth-order valence-electron chi connectivity index (χ4n) is 2.79. The lowest BCUT2D eigenvalue weighted by atomic mass is 10.1. The molecule has 0 radical (unpaired) electrons. The number of anilines is 2. The molecule has 0 unspecified atom stereocenters. The number of hydrogen-bond donors (Lipinski definition) is 0. The molecule has 1 aliphatic heterocycles. The molecule has 0 amide bonds. The van der Waals surface area contributed by atoms with Crippen molar-refractivity contribution in [3.63, 3.8) is 0 Å². The number of benzene rings is 1. The summed E-state index contributed by atoms with van der Waals surface area (Å²) in [6, 6.07) is 6.55. The minimum atomic E-state index is -0.354. The van der Waals surface area contributed by atoms with Crippen LogP contribution in [0.15, 0.2) is 36.7 Å². The first-order valence-electron chi connectivity index (χ1n) is 7.46. The second-order valence-electron chi connectivity index (χ2n) is 5.52. The van der Waals surface area contributed by atoms with Gasteiger partial charge in [-0.25, -0.2) is 4.39 Å². The Labute approximate surface area is 139 Å². The summed E-state index contributed by atoms with van der Waals surface area (Å²) in [5.41, 5.74) is 1.89. The summed E-state index contributed by atoms with van der Waals surface area (Å²) in [4.78, 5) is 19.5. The Hall–Kier alpha value is -2.14. The highest BCUT2D eigenvalue weighted by Gasteiger charge is 2.21. The van der Waals surface area contributed by atoms with E-state index in [0.717, 1.165) is 18.8 Å². The van der Waals surface area contributed by atoms with E-state index in [2.05, 4.69) is 9.88 Å². The zero-order valence-corrected chi connectivity index (χ0v) is 13.6. The molecule has 2 aromatic rings. The summed E-state index contributed by atoms with van der Waals surface area (Å²) in [6.45, 7) is 4.31. The van der Waals surface area contributed by atoms with Crippen LogP contribution in [0.4, 0.5) is 15.8 Å². The van der Waals surface area contributed by atoms with Crippen molar-refractivity contribution in [3.8, 4) is 0 Å². The third kappa shape index (κ3) is 3.29. The number of pyridine rings is 1. The standard InChI is InChI=1S/C17H17ClFN3O/c1-12(23)13-2-3-17(15(19)10-13)22-8-6-21(7-9-22)16-4-5-20-11-14(16)18/h2-5,10-11H,6-9H2,1H3. The average molecular weight is 334 g/mol. The molecule has 4 nitrogen and oxygen atoms in total. The van der Waals surface area contributed by atoms with E-state index >= 15 is 0 Å². The van der Waals surface area contributed by atoms with Gasteiger partial charge in [-0.1, -0.05) is 11.6 Å². The van der Waals surface area contributed by atoms with Crippen molar-refractivity contribution in [2.24, 2.45) is 0 Å². The Balaban J connectivity index is 1.72. The first-order chi connectivity index (χ1) is 11.1. The Morgan fingerprint density at radius 3 is 2.35 bits per heavy atom. The van der Waals surface area contributed by atoms with Gasteiger partial charge in [-0.15, -0.1) is 0 Å². The largest absolute Gasteiger partial charge is 0.367 e. The number of Topliss-reactive ketones (excluding diaryl/α,β-unsaturated/α-hetero) is 1. The van der Waals surface area contributed by atoms with Gasteiger partial charge in [0.2, 0.25) is 0 Å². The fourth-order valence-corrected chi connectivity index (χ4v) is 3.03. The van der Waals surface area contributed by atoms with Crippen molar-refractivity contribution in [1.82, 2.24) is 4.98 Å². The zero-order valence-electron chi connectivity index (χ0n) is 12.8. The van der Waals surface area contributed by atoms with Gasteiger partial charge in [0.05, 0.1) is 16.4 Å². The summed E-state index contributed by atoms with van der Waals surface area (Å²) in [5, 5.41) is 0.623. The molecular weight excluding hydrogens is 317 g/mol. The number of ketones is 1. The Bertz CT molecular complexity index is 730. The second-order valence-corrected chi connectivity index (χ2v) is 5.93. The second kappa shape index (κ2) is 6.54. The van der Waals surface area contributed by atoms with Crippen LogP contribution in [-0.2, 0) is 0 Å². The summed E-state index contributed by atoms with van der Waals surface area (Å²) in [6.07, 6.45) is 3.34. The van der Waals surface area contributed by atoms with Crippen LogP contribution in [0.1, 0.15) is 17.3 Å². The molecule has 23 heavy (non-hydrogen) atoms. The third-order valence-electron chi connectivity index (χ3n) is 4.07. The first-order valence-corrected chi connectivity index (χ1v) is 7.84. The van der Waals surface area contributed by atoms with Gasteiger partial charge in [0.15, 0.2) is 5.78 Å². The normalized spacial score (nSPS) is 14.9. The summed E-state index contributed by atoms with van der Waals surface area (Å²) < 4.78 is 14.2. The molecule has 0 spiro atoms. The molecule has 0 aliphatic carbocycles. The highest BCUT2D eigenvalue weighted by atomic mass is 35.5. The van der Waals surface area contributed by atoms with Crippen LogP contribution in [0.2, 0.25) is 5.02 Å². The molecule has 1 aromatic carbocycles. The van der Waals surface area contributed by atoms with E-state index < -0.39 is 0 Å². The van der Waals surface area contributed by atoms with E-state index in [4.69, 9.17) is 11.6 Å². The minimum absolute atomic E-state index is 0.132. The average Bonchev–Trinajstić information content (AvgIpc) is 2.55. The molecule has 1 fully saturated rings. The Kier molecular flexibility index (Phi) is 4.48. The van der Waals surface area contributed by atoms with Crippen LogP contribution in [0.25, 0.3) is 0 Å². The van der Waals surface area contributed by atoms with Crippen molar-refractivity contribution in [3.05, 3.63) is 53.1 Å². The maximum absolute atomic E-state index is 14.2. The van der Waals surface area contributed by atoms with Gasteiger partial charge in [0, 0.05) is 44.1 Å². The van der Waals surface area contributed by atoms with Crippen molar-refractivity contribution < 1.29 is 9.18 Å². The van der Waals surface area contributed by atoms with Crippen LogP contribution < -0.4 is 9.80 Å². The topological polar surface area (TPSA) is 36.4 Å². The molecule has 2 heterocycles. The van der Waals surface area contributed by atoms with Crippen molar-refractivity contribution in [2.75, 3.05) is 36.0 Å². The maximum atomic E-state index is 14.2. The minimum Gasteiger partial charge on any atom is -0.367 e. The lowest BCUT2D eigenvalue weighted by molar-refractivity contribution is 0.101. The number of nitrogens with zero attached hydrogens (tertiary/aromatic N) is 3. The lowest BCUT2D eigenvalue weighted by Crippen LogP contribution is -2.47. The van der Waals surface area contributed by atoms with Gasteiger partial charge in [-0.2, -0.15) is 0 Å². The number of hydrogen-bond acceptors (Lipinski definition) is 4. The highest BCUT2D eigenvalue weighted by molar-refractivity contribution is 6.33. The van der Waals surface area contributed by atoms with E-state index in [9.17, 15) is 9.18 Å². The number of piperazine rings is 1. The molecule has 0 saturated carbocycles. The Morgan fingerprint density at radius 2 is 1.78 bits per heavy atom. The molecule has 6 heteroatoms. The van der Waals surface area contributed by atoms with E-state index in [1.807, 2.05) is 11.0 Å². The molecule has 3 rings (SSSR count). The molecule has 0 N–H and O–H groups in total. The van der Waals surface area contributed by atoms with Crippen LogP contribution in [-0.4, -0.2) is 36.9 Å². The smallest absolute Gasteiger partial charge is 0.159 e. The van der Waals surface area contributed by atoms with Crippen molar-refractivity contribution in [2.45, 2.75) is 6.92 Å². The molecule has 1 aliphatic rings. The molecule has 120 valence electrons. The van der Waals surface area contributed by atoms with E-state index in [1.54, 1.807) is 24.5 Å². The van der Waals surface area contributed by atoms with E-state index in [0.29, 0.717) is 29.4 Å². The number of halogens is 2. The molecule has 0 bridgehead atoms. The third-order valence-corrected chi connectivity index (χ3v) is 4.36. The van der Waals surface area contributed by atoms with Gasteiger partial charge in [0.1, 0.15) is 5.82 Å². The number of aromatic nitrogens is 1. The van der Waals surface area contributed by atoms with Crippen LogP contribution in [0, 0.1) is 5.82 Å². The fraction of sp³-hybridized carbons (Fsp3) is 0.294. The number of carbonyl (C=O) groups is 1. The van der Waals surface area contributed by atoms with Gasteiger partial charge in [0.25, 0.3) is 0 Å². The van der Waals surface area contributed by atoms with Crippen molar-refractivity contribution >= 4 is 28.8 Å². The summed E-state index contributed by atoms with van der Waals surface area (Å²) in [5.74, 6) is -0.485. The zero-order chi connectivity index (χ0) is 16.4.